The topological polar surface area (TPSA) is 113 Å². The Hall–Kier alpha value is -2.31. The predicted molar refractivity (Wildman–Crippen MR) is 199 cm³/mol. The maximum absolute atomic E-state index is 12.6. The number of rotatable bonds is 5. The van der Waals surface area contributed by atoms with Gasteiger partial charge >= 0.3 is 18.2 Å². The number of hydrogen-bond acceptors (Lipinski definition) is 7. The van der Waals surface area contributed by atoms with Gasteiger partial charge in [0.2, 0.25) is 0 Å². The number of nitrogens with one attached hydrogen (secondary N) is 3. The number of carbonyl (C=O) groups is 3. The van der Waals surface area contributed by atoms with Gasteiger partial charge in [-0.15, -0.1) is 0 Å². The standard InChI is InChI=1S/C21H36N4O3.C18H32N4O/c1-2-28-21(27)24-13-7-17(8-14-24)23-11-9-18(10-12-23)25-19-6-4-3-5-16(19)15-22-20(25)26;23-18-20-13-14-3-1-2-4-17(14)22(18)16-7-11-21(12-8-16)15-5-9-19-10-6-15/h16-19H,2-15H2,1H3,(H,22,26);14-17,19H,1-13H2,(H,20,23)/t16-,19+;14-,17+/m11/s1. The van der Waals surface area contributed by atoms with E-state index in [9.17, 15) is 14.4 Å². The third kappa shape index (κ3) is 8.75. The van der Waals surface area contributed by atoms with Crippen LogP contribution in [-0.2, 0) is 4.74 Å². The quantitative estimate of drug-likeness (QED) is 0.387. The van der Waals surface area contributed by atoms with Crippen LogP contribution in [0.2, 0.25) is 0 Å². The normalized spacial score (nSPS) is 32.6. The summed E-state index contributed by atoms with van der Waals surface area (Å²) in [4.78, 5) is 48.7. The van der Waals surface area contributed by atoms with Crippen LogP contribution in [0.3, 0.4) is 0 Å². The average molecular weight is 713 g/mol. The van der Waals surface area contributed by atoms with E-state index in [1.165, 1.54) is 103 Å². The highest BCUT2D eigenvalue weighted by molar-refractivity contribution is 5.76. The molecule has 6 aliphatic heterocycles. The Balaban J connectivity index is 0.000000162. The Kier molecular flexibility index (Phi) is 12.8. The number of likely N-dealkylation sites (tertiary alicyclic amines) is 3. The molecule has 0 radical (unpaired) electrons. The van der Waals surface area contributed by atoms with Gasteiger partial charge in [0.1, 0.15) is 0 Å². The van der Waals surface area contributed by atoms with Gasteiger partial charge in [0.25, 0.3) is 0 Å². The number of amides is 5. The highest BCUT2D eigenvalue weighted by Gasteiger charge is 2.43. The van der Waals surface area contributed by atoms with E-state index in [0.29, 0.717) is 48.7 Å². The number of carbonyl (C=O) groups excluding carboxylic acids is 3. The zero-order chi connectivity index (χ0) is 35.2. The Morgan fingerprint density at radius 2 is 1.02 bits per heavy atom. The van der Waals surface area contributed by atoms with Crippen molar-refractivity contribution < 1.29 is 19.1 Å². The highest BCUT2D eigenvalue weighted by Crippen LogP contribution is 2.36. The fourth-order valence-electron chi connectivity index (χ4n) is 11.2. The molecule has 0 bridgehead atoms. The molecule has 8 fully saturated rings. The van der Waals surface area contributed by atoms with Gasteiger partial charge in [0.05, 0.1) is 6.61 Å². The lowest BCUT2D eigenvalue weighted by atomic mass is 9.81. The number of piperidine rings is 4. The first-order valence-corrected chi connectivity index (χ1v) is 21.2. The van der Waals surface area contributed by atoms with Crippen molar-refractivity contribution in [3.8, 4) is 0 Å². The van der Waals surface area contributed by atoms with E-state index in [1.807, 2.05) is 11.8 Å². The van der Waals surface area contributed by atoms with Crippen molar-refractivity contribution in [1.82, 2.24) is 40.4 Å². The van der Waals surface area contributed by atoms with Crippen molar-refractivity contribution in [3.63, 3.8) is 0 Å². The van der Waals surface area contributed by atoms with Gasteiger partial charge < -0.3 is 45.2 Å². The largest absolute Gasteiger partial charge is 0.450 e. The summed E-state index contributed by atoms with van der Waals surface area (Å²) in [6.07, 6.45) is 19.2. The molecule has 6 saturated heterocycles. The second-order valence-electron chi connectivity index (χ2n) is 16.8. The molecule has 288 valence electrons. The van der Waals surface area contributed by atoms with Crippen LogP contribution in [-0.4, -0.2) is 151 Å². The van der Waals surface area contributed by atoms with Gasteiger partial charge in [-0.3, -0.25) is 0 Å². The third-order valence-corrected chi connectivity index (χ3v) is 14.1. The smallest absolute Gasteiger partial charge is 0.409 e. The molecule has 51 heavy (non-hydrogen) atoms. The van der Waals surface area contributed by atoms with Crippen molar-refractivity contribution in [2.75, 3.05) is 72.1 Å². The Bertz CT molecular complexity index is 1150. The summed E-state index contributed by atoms with van der Waals surface area (Å²) >= 11 is 0. The second kappa shape index (κ2) is 17.7. The van der Waals surface area contributed by atoms with E-state index in [2.05, 4.69) is 35.6 Å². The molecule has 0 aromatic carbocycles. The summed E-state index contributed by atoms with van der Waals surface area (Å²) < 4.78 is 5.13. The second-order valence-corrected chi connectivity index (χ2v) is 16.8. The summed E-state index contributed by atoms with van der Waals surface area (Å²) in [6, 6.07) is 3.57. The molecule has 3 N–H and O–H groups in total. The van der Waals surface area contributed by atoms with E-state index >= 15 is 0 Å². The van der Waals surface area contributed by atoms with Crippen molar-refractivity contribution in [2.24, 2.45) is 11.8 Å². The summed E-state index contributed by atoms with van der Waals surface area (Å²) in [5, 5.41) is 9.78. The van der Waals surface area contributed by atoms with Crippen LogP contribution >= 0.6 is 0 Å². The number of hydrogen-bond donors (Lipinski definition) is 3. The molecule has 6 heterocycles. The summed E-state index contributed by atoms with van der Waals surface area (Å²) in [7, 11) is 0. The lowest BCUT2D eigenvalue weighted by molar-refractivity contribution is 0.0221. The fourth-order valence-corrected chi connectivity index (χ4v) is 11.2. The molecular weight excluding hydrogens is 644 g/mol. The zero-order valence-electron chi connectivity index (χ0n) is 31.6. The summed E-state index contributed by atoms with van der Waals surface area (Å²) in [6.45, 7) is 12.5. The van der Waals surface area contributed by atoms with Crippen LogP contribution in [0.4, 0.5) is 14.4 Å². The van der Waals surface area contributed by atoms with Crippen LogP contribution in [0.25, 0.3) is 0 Å². The van der Waals surface area contributed by atoms with Gasteiger partial charge in [0, 0.05) is 88.6 Å². The number of nitrogens with zero attached hydrogens (tertiary/aromatic N) is 5. The van der Waals surface area contributed by atoms with E-state index < -0.39 is 0 Å². The Morgan fingerprint density at radius 3 is 1.49 bits per heavy atom. The van der Waals surface area contributed by atoms with Crippen LogP contribution in [0.1, 0.15) is 110 Å². The first kappa shape index (κ1) is 37.0. The first-order chi connectivity index (χ1) is 25.0. The Morgan fingerprint density at radius 1 is 0.588 bits per heavy atom. The monoisotopic (exact) mass is 713 g/mol. The molecule has 5 amide bonds. The van der Waals surface area contributed by atoms with Crippen LogP contribution in [0.5, 0.6) is 0 Å². The Labute approximate surface area is 307 Å². The molecule has 8 aliphatic rings. The molecule has 0 spiro atoms. The van der Waals surface area contributed by atoms with Crippen molar-refractivity contribution >= 4 is 18.2 Å². The molecule has 2 saturated carbocycles. The zero-order valence-corrected chi connectivity index (χ0v) is 31.6. The van der Waals surface area contributed by atoms with Gasteiger partial charge in [-0.05, 0) is 109 Å². The minimum atomic E-state index is -0.169. The third-order valence-electron chi connectivity index (χ3n) is 14.1. The number of fused-ring (bicyclic) bond motifs is 2. The van der Waals surface area contributed by atoms with Crippen LogP contribution in [0.15, 0.2) is 0 Å². The van der Waals surface area contributed by atoms with Gasteiger partial charge in [-0.2, -0.15) is 0 Å². The van der Waals surface area contributed by atoms with Gasteiger partial charge in [0.15, 0.2) is 0 Å². The van der Waals surface area contributed by atoms with Crippen LogP contribution in [0, 0.1) is 11.8 Å². The van der Waals surface area contributed by atoms with E-state index in [4.69, 9.17) is 4.74 Å². The highest BCUT2D eigenvalue weighted by atomic mass is 16.6. The molecule has 2 aliphatic carbocycles. The van der Waals surface area contributed by atoms with Crippen molar-refractivity contribution in [1.29, 1.82) is 0 Å². The molecule has 8 rings (SSSR count). The molecule has 0 aromatic heterocycles. The van der Waals surface area contributed by atoms with Crippen molar-refractivity contribution in [2.45, 2.75) is 146 Å². The van der Waals surface area contributed by atoms with Crippen molar-refractivity contribution in [3.05, 3.63) is 0 Å². The molecule has 12 nitrogen and oxygen atoms in total. The van der Waals surface area contributed by atoms with Crippen LogP contribution < -0.4 is 16.0 Å². The molecule has 0 unspecified atom stereocenters. The minimum Gasteiger partial charge on any atom is -0.450 e. The van der Waals surface area contributed by atoms with E-state index in [1.54, 1.807) is 0 Å². The fraction of sp³-hybridized carbons (Fsp3) is 0.923. The first-order valence-electron chi connectivity index (χ1n) is 21.2. The molecule has 12 heteroatoms. The maximum atomic E-state index is 12.6. The summed E-state index contributed by atoms with van der Waals surface area (Å²) in [5.41, 5.74) is 0. The summed E-state index contributed by atoms with van der Waals surface area (Å²) in [5.74, 6) is 1.35. The average Bonchev–Trinajstić information content (AvgIpc) is 3.19. The number of urea groups is 2. The lowest BCUT2D eigenvalue weighted by Gasteiger charge is -2.50. The minimum absolute atomic E-state index is 0.169. The predicted octanol–water partition coefficient (Wildman–Crippen LogP) is 4.44. The molecular formula is C39H68N8O4. The van der Waals surface area contributed by atoms with E-state index in [0.717, 1.165) is 71.0 Å². The maximum Gasteiger partial charge on any atom is 0.409 e. The van der Waals surface area contributed by atoms with Gasteiger partial charge in [-0.1, -0.05) is 25.7 Å². The van der Waals surface area contributed by atoms with Gasteiger partial charge in [-0.25, -0.2) is 14.4 Å². The lowest BCUT2D eigenvalue weighted by Crippen LogP contribution is -2.63. The molecule has 4 atom stereocenters. The SMILES string of the molecule is CCOC(=O)N1CCC(N2CCC(N3C(=O)NC[C@H]4CCCC[C@@H]43)CC2)CC1.O=C1NC[C@H]2CCCC[C@@H]2N1C1CCN(C2CCNCC2)CC1. The number of ether oxygens (including phenoxy) is 1. The molecule has 0 aromatic rings. The van der Waals surface area contributed by atoms with E-state index in [-0.39, 0.29) is 18.2 Å².